The fourth-order valence-corrected chi connectivity index (χ4v) is 2.91. The van der Waals surface area contributed by atoms with Crippen molar-refractivity contribution in [3.8, 4) is 5.82 Å². The number of hydrogen-bond acceptors (Lipinski definition) is 6. The highest BCUT2D eigenvalue weighted by atomic mass is 32.2. The first-order valence-electron chi connectivity index (χ1n) is 6.71. The zero-order valence-corrected chi connectivity index (χ0v) is 12.5. The fraction of sp³-hybridized carbons (Fsp3) is 0.308. The van der Waals surface area contributed by atoms with Gasteiger partial charge >= 0.3 is 0 Å². The first-order chi connectivity index (χ1) is 10.7. The predicted octanol–water partition coefficient (Wildman–Crippen LogP) is 0.447. The van der Waals surface area contributed by atoms with Crippen molar-refractivity contribution in [1.82, 2.24) is 30.0 Å². The third-order valence-electron chi connectivity index (χ3n) is 3.16. The maximum Gasteiger partial charge on any atom is 0.282 e. The van der Waals surface area contributed by atoms with Crippen molar-refractivity contribution in [2.24, 2.45) is 0 Å². The normalized spacial score (nSPS) is 14.4. The Bertz CT molecular complexity index is 675. The minimum atomic E-state index is -0.191. The number of nitrogens with one attached hydrogen (secondary N) is 1. The highest BCUT2D eigenvalue weighted by Gasteiger charge is 2.23. The minimum Gasteiger partial charge on any atom is -0.350 e. The lowest BCUT2D eigenvalue weighted by Crippen LogP contribution is -2.37. The van der Waals surface area contributed by atoms with E-state index in [1.807, 2.05) is 6.07 Å². The molecule has 0 unspecified atom stereocenters. The van der Waals surface area contributed by atoms with E-state index >= 15 is 0 Å². The van der Waals surface area contributed by atoms with Gasteiger partial charge in [0.05, 0.1) is 0 Å². The van der Waals surface area contributed by atoms with Gasteiger partial charge in [0.15, 0.2) is 5.82 Å². The zero-order chi connectivity index (χ0) is 15.4. The summed E-state index contributed by atoms with van der Waals surface area (Å²) in [5.41, 5.74) is 0.823. The van der Waals surface area contributed by atoms with Gasteiger partial charge in [-0.15, -0.1) is 0 Å². The number of carbonyl (C=O) groups is 2. The predicted molar refractivity (Wildman–Crippen MR) is 80.4 cm³/mol. The van der Waals surface area contributed by atoms with Gasteiger partial charge in [0.1, 0.15) is 19.2 Å². The van der Waals surface area contributed by atoms with Crippen LogP contribution in [-0.4, -0.2) is 54.6 Å². The second kappa shape index (κ2) is 6.56. The number of amides is 2. The smallest absolute Gasteiger partial charge is 0.282 e. The summed E-state index contributed by atoms with van der Waals surface area (Å²) in [6.45, 7) is 1.02. The fourth-order valence-electron chi connectivity index (χ4n) is 2.08. The highest BCUT2D eigenvalue weighted by Crippen LogP contribution is 2.16. The van der Waals surface area contributed by atoms with Crippen molar-refractivity contribution in [2.75, 3.05) is 18.8 Å². The summed E-state index contributed by atoms with van der Waals surface area (Å²) < 4.78 is 1.54. The first kappa shape index (κ1) is 14.5. The molecule has 0 atom stereocenters. The van der Waals surface area contributed by atoms with Crippen LogP contribution in [-0.2, 0) is 11.3 Å². The summed E-state index contributed by atoms with van der Waals surface area (Å²) in [5, 5.41) is 6.81. The topological polar surface area (TPSA) is 93.0 Å². The molecule has 9 heteroatoms. The van der Waals surface area contributed by atoms with E-state index in [-0.39, 0.29) is 17.7 Å². The Balaban J connectivity index is 1.62. The summed E-state index contributed by atoms with van der Waals surface area (Å²) in [4.78, 5) is 33.1. The van der Waals surface area contributed by atoms with Crippen LogP contribution in [0.2, 0.25) is 0 Å². The molecular weight excluding hydrogens is 304 g/mol. The van der Waals surface area contributed by atoms with Crippen molar-refractivity contribution in [3.63, 3.8) is 0 Å². The highest BCUT2D eigenvalue weighted by molar-refractivity contribution is 8.13. The van der Waals surface area contributed by atoms with E-state index in [2.05, 4.69) is 20.4 Å². The van der Waals surface area contributed by atoms with Gasteiger partial charge in [0.2, 0.25) is 5.91 Å². The molecule has 1 saturated heterocycles. The molecule has 2 aromatic heterocycles. The van der Waals surface area contributed by atoms with Crippen LogP contribution in [0, 0.1) is 0 Å². The second-order valence-electron chi connectivity index (χ2n) is 4.64. The molecule has 2 aromatic rings. The second-order valence-corrected chi connectivity index (χ2v) is 5.69. The molecule has 114 valence electrons. The number of pyridine rings is 1. The monoisotopic (exact) mass is 318 g/mol. The van der Waals surface area contributed by atoms with E-state index in [9.17, 15) is 9.59 Å². The number of thioether (sulfide) groups is 1. The summed E-state index contributed by atoms with van der Waals surface area (Å²) in [6, 6.07) is 3.66. The van der Waals surface area contributed by atoms with Gasteiger partial charge in [-0.2, -0.15) is 5.10 Å². The van der Waals surface area contributed by atoms with Crippen LogP contribution in [0.5, 0.6) is 0 Å². The van der Waals surface area contributed by atoms with Crippen LogP contribution in [0.15, 0.2) is 31.0 Å². The lowest BCUT2D eigenvalue weighted by atomic mass is 10.2. The minimum absolute atomic E-state index is 0.0418. The summed E-state index contributed by atoms with van der Waals surface area (Å²) >= 11 is 1.24. The maximum absolute atomic E-state index is 11.9. The van der Waals surface area contributed by atoms with E-state index in [4.69, 9.17) is 0 Å². The summed E-state index contributed by atoms with van der Waals surface area (Å²) in [5.74, 6) is 1.17. The number of carbonyl (C=O) groups excluding carboxylic acids is 2. The Hall–Kier alpha value is -2.42. The van der Waals surface area contributed by atoms with E-state index < -0.39 is 0 Å². The average Bonchev–Trinajstić information content (AvgIpc) is 3.18. The molecule has 8 nitrogen and oxygen atoms in total. The van der Waals surface area contributed by atoms with Crippen molar-refractivity contribution >= 4 is 22.9 Å². The van der Waals surface area contributed by atoms with Crippen LogP contribution in [0.25, 0.3) is 5.82 Å². The molecule has 0 radical (unpaired) electrons. The van der Waals surface area contributed by atoms with Gasteiger partial charge in [-0.1, -0.05) is 17.8 Å². The third kappa shape index (κ3) is 3.25. The standard InChI is InChI=1S/C13H14N6O2S/c20-11(7-18-4-5-22-13(18)21)16-6-10-2-1-3-15-12(10)19-9-14-8-17-19/h1-3,8-9H,4-7H2,(H,16,20). The molecule has 3 heterocycles. The van der Waals surface area contributed by atoms with E-state index in [0.717, 1.165) is 11.3 Å². The van der Waals surface area contributed by atoms with Gasteiger partial charge < -0.3 is 10.2 Å². The van der Waals surface area contributed by atoms with E-state index in [1.54, 1.807) is 28.2 Å². The van der Waals surface area contributed by atoms with Crippen molar-refractivity contribution in [2.45, 2.75) is 6.54 Å². The van der Waals surface area contributed by atoms with Crippen LogP contribution in [0.3, 0.4) is 0 Å². The maximum atomic E-state index is 11.9. The number of nitrogens with zero attached hydrogens (tertiary/aromatic N) is 5. The Kier molecular flexibility index (Phi) is 4.33. The number of aromatic nitrogens is 4. The molecule has 1 aliphatic rings. The van der Waals surface area contributed by atoms with Gasteiger partial charge in [-0.3, -0.25) is 9.59 Å². The van der Waals surface area contributed by atoms with Crippen molar-refractivity contribution in [3.05, 3.63) is 36.5 Å². The lowest BCUT2D eigenvalue weighted by Gasteiger charge is -2.14. The van der Waals surface area contributed by atoms with Crippen LogP contribution in [0.1, 0.15) is 5.56 Å². The molecule has 3 rings (SSSR count). The van der Waals surface area contributed by atoms with E-state index in [0.29, 0.717) is 18.9 Å². The molecule has 0 aliphatic carbocycles. The van der Waals surface area contributed by atoms with Crippen LogP contribution < -0.4 is 5.32 Å². The summed E-state index contributed by atoms with van der Waals surface area (Å²) in [6.07, 6.45) is 4.63. The summed E-state index contributed by atoms with van der Waals surface area (Å²) in [7, 11) is 0. The number of hydrogen-bond donors (Lipinski definition) is 1. The Labute approximate surface area is 130 Å². The molecule has 0 bridgehead atoms. The van der Waals surface area contributed by atoms with Crippen LogP contribution in [0.4, 0.5) is 4.79 Å². The zero-order valence-electron chi connectivity index (χ0n) is 11.7. The lowest BCUT2D eigenvalue weighted by molar-refractivity contribution is -0.121. The van der Waals surface area contributed by atoms with E-state index in [1.165, 1.54) is 18.1 Å². The molecule has 1 fully saturated rings. The molecule has 0 saturated carbocycles. The molecule has 2 amide bonds. The van der Waals surface area contributed by atoms with Crippen molar-refractivity contribution < 1.29 is 9.59 Å². The van der Waals surface area contributed by atoms with Crippen molar-refractivity contribution in [1.29, 1.82) is 0 Å². The molecule has 22 heavy (non-hydrogen) atoms. The average molecular weight is 318 g/mol. The molecule has 1 aliphatic heterocycles. The molecule has 0 spiro atoms. The Morgan fingerprint density at radius 3 is 3.09 bits per heavy atom. The Morgan fingerprint density at radius 2 is 2.36 bits per heavy atom. The first-order valence-corrected chi connectivity index (χ1v) is 7.70. The van der Waals surface area contributed by atoms with Gasteiger partial charge in [0.25, 0.3) is 5.24 Å². The molecule has 1 N–H and O–H groups in total. The molecular formula is C13H14N6O2S. The molecule has 0 aromatic carbocycles. The number of rotatable bonds is 5. The van der Waals surface area contributed by atoms with Gasteiger partial charge in [-0.25, -0.2) is 14.6 Å². The van der Waals surface area contributed by atoms with Gasteiger partial charge in [-0.05, 0) is 6.07 Å². The Morgan fingerprint density at radius 1 is 1.45 bits per heavy atom. The largest absolute Gasteiger partial charge is 0.350 e. The SMILES string of the molecule is O=C(CN1CCSC1=O)NCc1cccnc1-n1cncn1. The quantitative estimate of drug-likeness (QED) is 0.860. The van der Waals surface area contributed by atoms with Gasteiger partial charge in [0, 0.05) is 30.6 Å². The van der Waals surface area contributed by atoms with Crippen LogP contribution >= 0.6 is 11.8 Å². The third-order valence-corrected chi connectivity index (χ3v) is 4.05.